The van der Waals surface area contributed by atoms with E-state index in [-0.39, 0.29) is 23.7 Å². The lowest BCUT2D eigenvalue weighted by molar-refractivity contribution is -0.149. The van der Waals surface area contributed by atoms with Crippen LogP contribution in [0, 0.1) is 12.8 Å². The molecule has 0 aliphatic carbocycles. The number of Topliss-reactive ketones (excluding diaryl/α,β-unsaturated/α-hetero) is 1. The molecule has 2 heterocycles. The fraction of sp³-hybridized carbons (Fsp3) is 0.600. The molecule has 0 saturated carbocycles. The van der Waals surface area contributed by atoms with Crippen molar-refractivity contribution in [2.75, 3.05) is 25.0 Å². The molecule has 0 bridgehead atoms. The van der Waals surface area contributed by atoms with Crippen LogP contribution in [0.4, 0.5) is 9.93 Å². The van der Waals surface area contributed by atoms with Gasteiger partial charge in [-0.2, -0.15) is 0 Å². The molecule has 1 aliphatic rings. The average molecular weight is 339 g/mol. The van der Waals surface area contributed by atoms with Crippen molar-refractivity contribution in [3.05, 3.63) is 10.6 Å². The maximum Gasteiger partial charge on any atom is 0.323 e. The molecule has 23 heavy (non-hydrogen) atoms. The SMILES string of the molecule is CCOC(=O)[C@H]1CCCN(C(=O)Nc2nc(C)c(C(C)=O)s2)C1. The number of hydrogen-bond acceptors (Lipinski definition) is 6. The fourth-order valence-electron chi connectivity index (χ4n) is 2.56. The molecule has 0 spiro atoms. The van der Waals surface area contributed by atoms with Crippen LogP contribution in [0.2, 0.25) is 0 Å². The number of aryl methyl sites for hydroxylation is 1. The molecule has 1 N–H and O–H groups in total. The van der Waals surface area contributed by atoms with E-state index in [2.05, 4.69) is 10.3 Å². The number of esters is 1. The van der Waals surface area contributed by atoms with E-state index in [0.29, 0.717) is 35.4 Å². The molecule has 0 unspecified atom stereocenters. The normalized spacial score (nSPS) is 17.7. The maximum atomic E-state index is 12.3. The first-order valence-electron chi connectivity index (χ1n) is 7.63. The molecule has 1 aliphatic heterocycles. The van der Waals surface area contributed by atoms with E-state index in [1.54, 1.807) is 18.7 Å². The van der Waals surface area contributed by atoms with E-state index in [9.17, 15) is 14.4 Å². The minimum absolute atomic E-state index is 0.0687. The van der Waals surface area contributed by atoms with Gasteiger partial charge in [-0.15, -0.1) is 0 Å². The number of ketones is 1. The zero-order chi connectivity index (χ0) is 17.0. The van der Waals surface area contributed by atoms with Gasteiger partial charge in [-0.05, 0) is 26.7 Å². The highest BCUT2D eigenvalue weighted by Gasteiger charge is 2.29. The number of amides is 2. The molecular formula is C15H21N3O4S. The van der Waals surface area contributed by atoms with Gasteiger partial charge < -0.3 is 9.64 Å². The van der Waals surface area contributed by atoms with Crippen LogP contribution < -0.4 is 5.32 Å². The molecule has 0 radical (unpaired) electrons. The first-order chi connectivity index (χ1) is 10.9. The molecular weight excluding hydrogens is 318 g/mol. The largest absolute Gasteiger partial charge is 0.466 e. The Bertz CT molecular complexity index is 614. The number of rotatable bonds is 4. The first-order valence-corrected chi connectivity index (χ1v) is 8.45. The summed E-state index contributed by atoms with van der Waals surface area (Å²) in [4.78, 5) is 41.9. The van der Waals surface area contributed by atoms with Gasteiger partial charge in [-0.25, -0.2) is 9.78 Å². The molecule has 1 aromatic rings. The predicted molar refractivity (Wildman–Crippen MR) is 86.8 cm³/mol. The summed E-state index contributed by atoms with van der Waals surface area (Å²) in [6.07, 6.45) is 1.49. The number of thiazole rings is 1. The van der Waals surface area contributed by atoms with Gasteiger partial charge in [0.2, 0.25) is 0 Å². The van der Waals surface area contributed by atoms with Crippen LogP contribution in [0.15, 0.2) is 0 Å². The molecule has 1 aromatic heterocycles. The van der Waals surface area contributed by atoms with Crippen molar-refractivity contribution in [2.45, 2.75) is 33.6 Å². The fourth-order valence-corrected chi connectivity index (χ4v) is 3.41. The quantitative estimate of drug-likeness (QED) is 0.672. The number of urea groups is 1. The van der Waals surface area contributed by atoms with Crippen molar-refractivity contribution < 1.29 is 19.1 Å². The number of ether oxygens (including phenoxy) is 1. The monoisotopic (exact) mass is 339 g/mol. The molecule has 7 nitrogen and oxygen atoms in total. The number of likely N-dealkylation sites (tertiary alicyclic amines) is 1. The topological polar surface area (TPSA) is 88.6 Å². The molecule has 2 amide bonds. The van der Waals surface area contributed by atoms with Crippen molar-refractivity contribution in [1.29, 1.82) is 0 Å². The summed E-state index contributed by atoms with van der Waals surface area (Å²) in [6.45, 7) is 6.25. The van der Waals surface area contributed by atoms with Crippen LogP contribution in [0.25, 0.3) is 0 Å². The Labute approximate surface area is 139 Å². The van der Waals surface area contributed by atoms with Gasteiger partial charge in [-0.1, -0.05) is 11.3 Å². The Hall–Kier alpha value is -1.96. The molecule has 2 rings (SSSR count). The first kappa shape index (κ1) is 17.4. The average Bonchev–Trinajstić information content (AvgIpc) is 2.88. The van der Waals surface area contributed by atoms with Crippen molar-refractivity contribution in [3.8, 4) is 0 Å². The second kappa shape index (κ2) is 7.54. The molecule has 0 aromatic carbocycles. The third-order valence-corrected chi connectivity index (χ3v) is 4.83. The lowest BCUT2D eigenvalue weighted by Gasteiger charge is -2.31. The summed E-state index contributed by atoms with van der Waals surface area (Å²) in [6, 6.07) is -0.303. The van der Waals surface area contributed by atoms with Gasteiger partial charge in [0, 0.05) is 20.0 Å². The number of hydrogen-bond donors (Lipinski definition) is 1. The van der Waals surface area contributed by atoms with Crippen LogP contribution in [0.5, 0.6) is 0 Å². The third kappa shape index (κ3) is 4.28. The van der Waals surface area contributed by atoms with Gasteiger partial charge in [0.25, 0.3) is 0 Å². The van der Waals surface area contributed by atoms with Crippen molar-refractivity contribution in [2.24, 2.45) is 5.92 Å². The Morgan fingerprint density at radius 2 is 2.17 bits per heavy atom. The van der Waals surface area contributed by atoms with E-state index in [1.807, 2.05) is 0 Å². The number of piperidine rings is 1. The summed E-state index contributed by atoms with van der Waals surface area (Å²) >= 11 is 1.16. The highest BCUT2D eigenvalue weighted by atomic mass is 32.1. The van der Waals surface area contributed by atoms with E-state index >= 15 is 0 Å². The Morgan fingerprint density at radius 3 is 2.78 bits per heavy atom. The second-order valence-electron chi connectivity index (χ2n) is 5.46. The third-order valence-electron chi connectivity index (χ3n) is 3.66. The minimum Gasteiger partial charge on any atom is -0.466 e. The van der Waals surface area contributed by atoms with Crippen molar-refractivity contribution in [1.82, 2.24) is 9.88 Å². The molecule has 1 saturated heterocycles. The smallest absolute Gasteiger partial charge is 0.323 e. The zero-order valence-corrected chi connectivity index (χ0v) is 14.4. The van der Waals surface area contributed by atoms with Crippen LogP contribution in [0.1, 0.15) is 42.1 Å². The Morgan fingerprint density at radius 1 is 1.43 bits per heavy atom. The number of carbonyl (C=O) groups excluding carboxylic acids is 3. The number of nitrogens with one attached hydrogen (secondary N) is 1. The van der Waals surface area contributed by atoms with Gasteiger partial charge >= 0.3 is 12.0 Å². The number of nitrogens with zero attached hydrogens (tertiary/aromatic N) is 2. The maximum absolute atomic E-state index is 12.3. The van der Waals surface area contributed by atoms with Crippen LogP contribution in [-0.2, 0) is 9.53 Å². The van der Waals surface area contributed by atoms with E-state index in [4.69, 9.17) is 4.74 Å². The van der Waals surface area contributed by atoms with Gasteiger partial charge in [-0.3, -0.25) is 14.9 Å². The molecule has 1 atom stereocenters. The van der Waals surface area contributed by atoms with Crippen molar-refractivity contribution in [3.63, 3.8) is 0 Å². The summed E-state index contributed by atoms with van der Waals surface area (Å²) in [5, 5.41) is 3.11. The highest BCUT2D eigenvalue weighted by molar-refractivity contribution is 7.17. The van der Waals surface area contributed by atoms with E-state index < -0.39 is 0 Å². The summed E-state index contributed by atoms with van der Waals surface area (Å²) in [5.74, 6) is -0.602. The lowest BCUT2D eigenvalue weighted by atomic mass is 9.98. The van der Waals surface area contributed by atoms with Crippen LogP contribution in [-0.4, -0.2) is 47.4 Å². The van der Waals surface area contributed by atoms with E-state index in [0.717, 1.165) is 24.2 Å². The Balaban J connectivity index is 1.98. The lowest BCUT2D eigenvalue weighted by Crippen LogP contribution is -2.44. The molecule has 1 fully saturated rings. The standard InChI is InChI=1S/C15H21N3O4S/c1-4-22-13(20)11-6-5-7-18(8-11)15(21)17-14-16-9(2)12(23-14)10(3)19/h11H,4-8H2,1-3H3,(H,16,17,21)/t11-/m0/s1. The van der Waals surface area contributed by atoms with E-state index in [1.165, 1.54) is 6.92 Å². The minimum atomic E-state index is -0.303. The molecule has 126 valence electrons. The second-order valence-corrected chi connectivity index (χ2v) is 6.46. The van der Waals surface area contributed by atoms with Crippen LogP contribution >= 0.6 is 11.3 Å². The van der Waals surface area contributed by atoms with Gasteiger partial charge in [0.1, 0.15) is 0 Å². The number of carbonyl (C=O) groups is 3. The number of aromatic nitrogens is 1. The van der Waals surface area contributed by atoms with Gasteiger partial charge in [0.05, 0.1) is 23.1 Å². The predicted octanol–water partition coefficient (Wildman–Crippen LogP) is 2.46. The number of anilines is 1. The highest BCUT2D eigenvalue weighted by Crippen LogP contribution is 2.24. The van der Waals surface area contributed by atoms with Crippen LogP contribution in [0.3, 0.4) is 0 Å². The Kier molecular flexibility index (Phi) is 5.70. The van der Waals surface area contributed by atoms with Gasteiger partial charge in [0.15, 0.2) is 10.9 Å². The summed E-state index contributed by atoms with van der Waals surface area (Å²) in [7, 11) is 0. The molecule has 8 heteroatoms. The zero-order valence-electron chi connectivity index (χ0n) is 13.5. The summed E-state index contributed by atoms with van der Waals surface area (Å²) in [5.41, 5.74) is 0.612. The van der Waals surface area contributed by atoms with Crippen molar-refractivity contribution >= 4 is 34.3 Å². The summed E-state index contributed by atoms with van der Waals surface area (Å²) < 4.78 is 5.03.